The van der Waals surface area contributed by atoms with Crippen LogP contribution < -0.4 is 10.6 Å². The third-order valence-corrected chi connectivity index (χ3v) is 6.98. The molecule has 7 nitrogen and oxygen atoms in total. The molecule has 3 aromatic rings. The van der Waals surface area contributed by atoms with E-state index in [0.29, 0.717) is 23.4 Å². The van der Waals surface area contributed by atoms with Crippen molar-refractivity contribution in [3.8, 4) is 11.4 Å². The Morgan fingerprint density at radius 1 is 1.06 bits per heavy atom. The Bertz CT molecular complexity index is 1120. The number of urea groups is 1. The largest absolute Gasteiger partial charge is 0.335 e. The molecule has 1 aromatic heterocycles. The van der Waals surface area contributed by atoms with E-state index < -0.39 is 11.9 Å². The van der Waals surface area contributed by atoms with Gasteiger partial charge in [-0.05, 0) is 48.6 Å². The van der Waals surface area contributed by atoms with Crippen LogP contribution in [-0.2, 0) is 11.3 Å². The lowest BCUT2D eigenvalue weighted by molar-refractivity contribution is -0.117. The minimum atomic E-state index is -0.456. The topological polar surface area (TPSA) is 88.9 Å². The Kier molecular flexibility index (Phi) is 7.95. The highest BCUT2D eigenvalue weighted by molar-refractivity contribution is 7.99. The first kappa shape index (κ1) is 23.9. The van der Waals surface area contributed by atoms with E-state index in [4.69, 9.17) is 0 Å². The molecule has 3 amide bonds. The monoisotopic (exact) mass is 481 g/mol. The summed E-state index contributed by atoms with van der Waals surface area (Å²) in [6, 6.07) is 15.5. The highest BCUT2D eigenvalue weighted by Crippen LogP contribution is 2.26. The van der Waals surface area contributed by atoms with Gasteiger partial charge in [0, 0.05) is 11.6 Å². The van der Waals surface area contributed by atoms with Crippen molar-refractivity contribution in [2.24, 2.45) is 5.92 Å². The third-order valence-electron chi connectivity index (χ3n) is 6.02. The molecule has 9 heteroatoms. The molecule has 4 rings (SSSR count). The molecular formula is C25H28FN5O2S. The summed E-state index contributed by atoms with van der Waals surface area (Å²) in [6.45, 7) is 2.62. The molecule has 1 aliphatic carbocycles. The summed E-state index contributed by atoms with van der Waals surface area (Å²) in [5.74, 6) is 0.277. The van der Waals surface area contributed by atoms with Gasteiger partial charge in [-0.2, -0.15) is 0 Å². The van der Waals surface area contributed by atoms with Gasteiger partial charge in [0.15, 0.2) is 11.0 Å². The summed E-state index contributed by atoms with van der Waals surface area (Å²) < 4.78 is 15.3. The normalized spacial score (nSPS) is 17.8. The number of halogens is 1. The number of amides is 3. The Balaban J connectivity index is 1.43. The van der Waals surface area contributed by atoms with Crippen LogP contribution in [0.25, 0.3) is 11.4 Å². The molecule has 178 valence electrons. The summed E-state index contributed by atoms with van der Waals surface area (Å²) in [5.41, 5.74) is 1.76. The zero-order chi connectivity index (χ0) is 23.9. The number of aromatic nitrogens is 3. The fourth-order valence-electron chi connectivity index (χ4n) is 4.14. The molecule has 2 N–H and O–H groups in total. The summed E-state index contributed by atoms with van der Waals surface area (Å²) in [4.78, 5) is 24.7. The maximum atomic E-state index is 13.4. The van der Waals surface area contributed by atoms with Gasteiger partial charge in [-0.3, -0.25) is 14.7 Å². The van der Waals surface area contributed by atoms with E-state index in [2.05, 4.69) is 27.8 Å². The number of thioether (sulfide) groups is 1. The van der Waals surface area contributed by atoms with Gasteiger partial charge in [0.1, 0.15) is 5.82 Å². The Hall–Kier alpha value is -3.20. The van der Waals surface area contributed by atoms with Crippen molar-refractivity contribution < 1.29 is 14.0 Å². The van der Waals surface area contributed by atoms with Gasteiger partial charge < -0.3 is 5.32 Å². The first-order chi connectivity index (χ1) is 16.5. The van der Waals surface area contributed by atoms with Gasteiger partial charge in [-0.15, -0.1) is 10.2 Å². The zero-order valence-corrected chi connectivity index (χ0v) is 19.9. The van der Waals surface area contributed by atoms with Gasteiger partial charge in [-0.1, -0.05) is 61.9 Å². The maximum Gasteiger partial charge on any atom is 0.321 e. The lowest BCUT2D eigenvalue weighted by atomic mass is 9.86. The molecule has 1 fully saturated rings. The van der Waals surface area contributed by atoms with Crippen LogP contribution in [-0.4, -0.2) is 38.5 Å². The molecule has 0 radical (unpaired) electrons. The molecule has 1 heterocycles. The Morgan fingerprint density at radius 2 is 1.79 bits per heavy atom. The van der Waals surface area contributed by atoms with Crippen molar-refractivity contribution >= 4 is 23.7 Å². The number of rotatable bonds is 7. The fraction of sp³-hybridized carbons (Fsp3) is 0.360. The first-order valence-corrected chi connectivity index (χ1v) is 12.4. The molecule has 1 saturated carbocycles. The van der Waals surface area contributed by atoms with Gasteiger partial charge in [0.2, 0.25) is 5.91 Å². The zero-order valence-electron chi connectivity index (χ0n) is 19.0. The predicted molar refractivity (Wildman–Crippen MR) is 130 cm³/mol. The van der Waals surface area contributed by atoms with Gasteiger partial charge in [-0.25, -0.2) is 9.18 Å². The summed E-state index contributed by atoms with van der Waals surface area (Å²) >= 11 is 1.20. The van der Waals surface area contributed by atoms with Crippen LogP contribution in [0.4, 0.5) is 9.18 Å². The van der Waals surface area contributed by atoms with Gasteiger partial charge in [0.25, 0.3) is 0 Å². The van der Waals surface area contributed by atoms with Crippen LogP contribution in [0.15, 0.2) is 59.8 Å². The van der Waals surface area contributed by atoms with Crippen LogP contribution in [0.3, 0.4) is 0 Å². The molecule has 1 aliphatic rings. The average Bonchev–Trinajstić information content (AvgIpc) is 3.22. The number of hydrogen-bond acceptors (Lipinski definition) is 5. The van der Waals surface area contributed by atoms with Crippen LogP contribution in [0.5, 0.6) is 0 Å². The van der Waals surface area contributed by atoms with E-state index in [-0.39, 0.29) is 17.6 Å². The van der Waals surface area contributed by atoms with E-state index >= 15 is 0 Å². The second-order valence-corrected chi connectivity index (χ2v) is 9.51. The van der Waals surface area contributed by atoms with E-state index in [1.165, 1.54) is 30.3 Å². The van der Waals surface area contributed by atoms with Crippen molar-refractivity contribution in [1.82, 2.24) is 25.4 Å². The lowest BCUT2D eigenvalue weighted by Crippen LogP contribution is -2.48. The van der Waals surface area contributed by atoms with E-state index in [0.717, 1.165) is 30.4 Å². The SMILES string of the molecule is C[C@H]1CCCC[C@H]1NC(=O)NC(=O)CSc1nnc(-c2ccc(F)cc2)n1Cc1ccccc1. The highest BCUT2D eigenvalue weighted by Gasteiger charge is 2.23. The van der Waals surface area contributed by atoms with Crippen LogP contribution in [0.1, 0.15) is 38.2 Å². The molecule has 0 spiro atoms. The molecule has 0 aliphatic heterocycles. The number of nitrogens with one attached hydrogen (secondary N) is 2. The minimum Gasteiger partial charge on any atom is -0.335 e. The molecule has 2 atom stereocenters. The van der Waals surface area contributed by atoms with Crippen LogP contribution in [0.2, 0.25) is 0 Å². The number of hydrogen-bond donors (Lipinski definition) is 2. The Morgan fingerprint density at radius 3 is 2.53 bits per heavy atom. The van der Waals surface area contributed by atoms with E-state index in [1.807, 2.05) is 34.9 Å². The number of carbonyl (C=O) groups excluding carboxylic acids is 2. The average molecular weight is 482 g/mol. The number of carbonyl (C=O) groups is 2. The smallest absolute Gasteiger partial charge is 0.321 e. The lowest BCUT2D eigenvalue weighted by Gasteiger charge is -2.29. The van der Waals surface area contributed by atoms with E-state index in [1.54, 1.807) is 12.1 Å². The van der Waals surface area contributed by atoms with Gasteiger partial charge >= 0.3 is 6.03 Å². The molecule has 0 unspecified atom stereocenters. The number of nitrogens with zero attached hydrogens (tertiary/aromatic N) is 3. The molecule has 0 saturated heterocycles. The third kappa shape index (κ3) is 6.22. The quantitative estimate of drug-likeness (QED) is 0.481. The summed E-state index contributed by atoms with van der Waals surface area (Å²) in [6.07, 6.45) is 4.29. The first-order valence-electron chi connectivity index (χ1n) is 11.5. The minimum absolute atomic E-state index is 0.0178. The van der Waals surface area contributed by atoms with Crippen molar-refractivity contribution in [1.29, 1.82) is 0 Å². The molecule has 2 aromatic carbocycles. The number of benzene rings is 2. The molecular weight excluding hydrogens is 453 g/mol. The van der Waals surface area contributed by atoms with Crippen LogP contribution in [0, 0.1) is 11.7 Å². The fourth-order valence-corrected chi connectivity index (χ4v) is 4.88. The summed E-state index contributed by atoms with van der Waals surface area (Å²) in [5, 5.41) is 14.5. The van der Waals surface area contributed by atoms with Crippen molar-refractivity contribution in [2.75, 3.05) is 5.75 Å². The summed E-state index contributed by atoms with van der Waals surface area (Å²) in [7, 11) is 0. The maximum absolute atomic E-state index is 13.4. The highest BCUT2D eigenvalue weighted by atomic mass is 32.2. The Labute approximate surface area is 202 Å². The second-order valence-electron chi connectivity index (χ2n) is 8.56. The standard InChI is InChI=1S/C25H28FN5O2S/c1-17-7-5-6-10-21(17)27-24(33)28-22(32)16-34-25-30-29-23(19-11-13-20(26)14-12-19)31(25)15-18-8-3-2-4-9-18/h2-4,8-9,11-14,17,21H,5-7,10,15-16H2,1H3,(H2,27,28,32,33)/t17-,21+/m0/s1. The second kappa shape index (κ2) is 11.3. The molecule has 0 bridgehead atoms. The van der Waals surface area contributed by atoms with E-state index in [9.17, 15) is 14.0 Å². The van der Waals surface area contributed by atoms with Crippen molar-refractivity contribution in [3.63, 3.8) is 0 Å². The van der Waals surface area contributed by atoms with Crippen LogP contribution >= 0.6 is 11.8 Å². The molecule has 34 heavy (non-hydrogen) atoms. The predicted octanol–water partition coefficient (Wildman–Crippen LogP) is 4.63. The van der Waals surface area contributed by atoms with Gasteiger partial charge in [0.05, 0.1) is 12.3 Å². The van der Waals surface area contributed by atoms with Crippen molar-refractivity contribution in [2.45, 2.75) is 50.4 Å². The van der Waals surface area contributed by atoms with Crippen molar-refractivity contribution in [3.05, 3.63) is 66.0 Å². The number of imide groups is 1.